The Balaban J connectivity index is 1.84. The van der Waals surface area contributed by atoms with E-state index >= 15 is 0 Å². The quantitative estimate of drug-likeness (QED) is 0.921. The van der Waals surface area contributed by atoms with Crippen molar-refractivity contribution in [1.29, 1.82) is 0 Å². The molecule has 0 bridgehead atoms. The minimum atomic E-state index is -0.339. The van der Waals surface area contributed by atoms with Crippen LogP contribution in [0.4, 0.5) is 0 Å². The van der Waals surface area contributed by atoms with Gasteiger partial charge in [0.25, 0.3) is 0 Å². The average Bonchev–Trinajstić information content (AvgIpc) is 3.07. The van der Waals surface area contributed by atoms with Gasteiger partial charge in [0.2, 0.25) is 11.7 Å². The SMILES string of the molecule is COC1(c2noc(C3CNCC3C)n2)CCCC(C)C1. The molecule has 3 rings (SSSR count). The van der Waals surface area contributed by atoms with Crippen molar-refractivity contribution in [3.05, 3.63) is 11.7 Å². The lowest BCUT2D eigenvalue weighted by Gasteiger charge is -2.36. The van der Waals surface area contributed by atoms with Gasteiger partial charge in [-0.1, -0.05) is 25.4 Å². The van der Waals surface area contributed by atoms with Gasteiger partial charge in [-0.25, -0.2) is 0 Å². The Hall–Kier alpha value is -0.940. The van der Waals surface area contributed by atoms with E-state index in [2.05, 4.69) is 24.3 Å². The van der Waals surface area contributed by atoms with Crippen LogP contribution >= 0.6 is 0 Å². The van der Waals surface area contributed by atoms with Crippen LogP contribution < -0.4 is 5.32 Å². The second-order valence-electron chi connectivity index (χ2n) is 6.60. The monoisotopic (exact) mass is 279 g/mol. The summed E-state index contributed by atoms with van der Waals surface area (Å²) in [5, 5.41) is 7.64. The van der Waals surface area contributed by atoms with Crippen molar-refractivity contribution in [3.8, 4) is 0 Å². The molecule has 4 unspecified atom stereocenters. The maximum absolute atomic E-state index is 5.84. The van der Waals surface area contributed by atoms with Crippen molar-refractivity contribution >= 4 is 0 Å². The zero-order chi connectivity index (χ0) is 14.2. The maximum atomic E-state index is 5.84. The Morgan fingerprint density at radius 1 is 1.35 bits per heavy atom. The minimum Gasteiger partial charge on any atom is -0.370 e. The molecule has 1 saturated heterocycles. The van der Waals surface area contributed by atoms with Crippen LogP contribution in [0.5, 0.6) is 0 Å². The van der Waals surface area contributed by atoms with Crippen molar-refractivity contribution in [1.82, 2.24) is 15.5 Å². The first-order valence-electron chi connectivity index (χ1n) is 7.74. The molecular formula is C15H25N3O2. The summed E-state index contributed by atoms with van der Waals surface area (Å²) >= 11 is 0. The number of ether oxygens (including phenoxy) is 1. The highest BCUT2D eigenvalue weighted by Crippen LogP contribution is 2.41. The van der Waals surface area contributed by atoms with Crippen LogP contribution in [0.3, 0.4) is 0 Å². The van der Waals surface area contributed by atoms with E-state index in [0.717, 1.165) is 37.6 Å². The molecule has 5 heteroatoms. The first-order valence-corrected chi connectivity index (χ1v) is 7.74. The van der Waals surface area contributed by atoms with E-state index in [1.165, 1.54) is 12.8 Å². The fourth-order valence-corrected chi connectivity index (χ4v) is 3.69. The predicted molar refractivity (Wildman–Crippen MR) is 75.4 cm³/mol. The van der Waals surface area contributed by atoms with E-state index in [1.54, 1.807) is 7.11 Å². The van der Waals surface area contributed by atoms with Gasteiger partial charge < -0.3 is 14.6 Å². The second-order valence-corrected chi connectivity index (χ2v) is 6.60. The molecule has 5 nitrogen and oxygen atoms in total. The Morgan fingerprint density at radius 2 is 2.20 bits per heavy atom. The molecule has 1 aromatic heterocycles. The third-order valence-corrected chi connectivity index (χ3v) is 5.03. The van der Waals surface area contributed by atoms with Gasteiger partial charge in [-0.2, -0.15) is 4.98 Å². The van der Waals surface area contributed by atoms with E-state index in [9.17, 15) is 0 Å². The maximum Gasteiger partial charge on any atom is 0.231 e. The van der Waals surface area contributed by atoms with E-state index < -0.39 is 0 Å². The summed E-state index contributed by atoms with van der Waals surface area (Å²) in [5.41, 5.74) is -0.339. The highest BCUT2D eigenvalue weighted by atomic mass is 16.5. The predicted octanol–water partition coefficient (Wildman–Crippen LogP) is 2.44. The number of aromatic nitrogens is 2. The van der Waals surface area contributed by atoms with Crippen LogP contribution in [0.15, 0.2) is 4.52 Å². The molecule has 20 heavy (non-hydrogen) atoms. The number of hydrogen-bond donors (Lipinski definition) is 1. The summed E-state index contributed by atoms with van der Waals surface area (Å²) in [4.78, 5) is 4.70. The van der Waals surface area contributed by atoms with Crippen LogP contribution in [0.2, 0.25) is 0 Å². The van der Waals surface area contributed by atoms with Gasteiger partial charge in [-0.05, 0) is 37.6 Å². The third kappa shape index (κ3) is 2.37. The molecule has 0 aromatic carbocycles. The molecular weight excluding hydrogens is 254 g/mol. The molecule has 1 N–H and O–H groups in total. The fraction of sp³-hybridized carbons (Fsp3) is 0.867. The largest absolute Gasteiger partial charge is 0.370 e. The molecule has 0 spiro atoms. The van der Waals surface area contributed by atoms with E-state index in [0.29, 0.717) is 17.8 Å². The van der Waals surface area contributed by atoms with Crippen LogP contribution in [-0.4, -0.2) is 30.3 Å². The van der Waals surface area contributed by atoms with Crippen molar-refractivity contribution in [2.75, 3.05) is 20.2 Å². The molecule has 0 amide bonds. The summed E-state index contributed by atoms with van der Waals surface area (Å²) in [6.07, 6.45) is 4.41. The van der Waals surface area contributed by atoms with Gasteiger partial charge in [0.05, 0.1) is 5.92 Å². The molecule has 1 aromatic rings. The number of rotatable bonds is 3. The first kappa shape index (κ1) is 14.0. The van der Waals surface area contributed by atoms with Gasteiger partial charge in [0.1, 0.15) is 5.60 Å². The summed E-state index contributed by atoms with van der Waals surface area (Å²) < 4.78 is 11.4. The molecule has 2 aliphatic rings. The molecule has 112 valence electrons. The number of nitrogens with one attached hydrogen (secondary N) is 1. The molecule has 4 atom stereocenters. The van der Waals surface area contributed by atoms with Gasteiger partial charge in [0.15, 0.2) is 0 Å². The molecule has 1 saturated carbocycles. The van der Waals surface area contributed by atoms with Crippen LogP contribution in [0.25, 0.3) is 0 Å². The van der Waals surface area contributed by atoms with E-state index in [1.807, 2.05) is 0 Å². The lowest BCUT2D eigenvalue weighted by Crippen LogP contribution is -2.35. The Kier molecular flexibility index (Phi) is 3.82. The molecule has 2 fully saturated rings. The zero-order valence-electron chi connectivity index (χ0n) is 12.7. The first-order chi connectivity index (χ1) is 9.64. The molecule has 1 aliphatic heterocycles. The second kappa shape index (κ2) is 5.45. The van der Waals surface area contributed by atoms with E-state index in [-0.39, 0.29) is 5.60 Å². The van der Waals surface area contributed by atoms with Crippen molar-refractivity contribution in [3.63, 3.8) is 0 Å². The van der Waals surface area contributed by atoms with Gasteiger partial charge >= 0.3 is 0 Å². The Labute approximate surface area is 120 Å². The van der Waals surface area contributed by atoms with Crippen LogP contribution in [-0.2, 0) is 10.3 Å². The Bertz CT molecular complexity index is 462. The lowest BCUT2D eigenvalue weighted by molar-refractivity contribution is -0.0658. The molecule has 1 aliphatic carbocycles. The minimum absolute atomic E-state index is 0.339. The normalized spacial score (nSPS) is 38.2. The van der Waals surface area contributed by atoms with Crippen molar-refractivity contribution in [2.45, 2.75) is 51.0 Å². The molecule has 2 heterocycles. The highest BCUT2D eigenvalue weighted by molar-refractivity contribution is 5.08. The topological polar surface area (TPSA) is 60.2 Å². The summed E-state index contributed by atoms with van der Waals surface area (Å²) in [5.74, 6) is 3.06. The number of methoxy groups -OCH3 is 1. The van der Waals surface area contributed by atoms with Crippen LogP contribution in [0, 0.1) is 11.8 Å². The van der Waals surface area contributed by atoms with Gasteiger partial charge in [-0.15, -0.1) is 0 Å². The van der Waals surface area contributed by atoms with Gasteiger partial charge in [-0.3, -0.25) is 0 Å². The summed E-state index contributed by atoms with van der Waals surface area (Å²) in [7, 11) is 1.77. The van der Waals surface area contributed by atoms with Gasteiger partial charge in [0, 0.05) is 13.7 Å². The van der Waals surface area contributed by atoms with Crippen molar-refractivity contribution < 1.29 is 9.26 Å². The summed E-state index contributed by atoms with van der Waals surface area (Å²) in [6.45, 7) is 6.45. The molecule has 0 radical (unpaired) electrons. The zero-order valence-corrected chi connectivity index (χ0v) is 12.7. The third-order valence-electron chi connectivity index (χ3n) is 5.03. The lowest BCUT2D eigenvalue weighted by atomic mass is 9.78. The summed E-state index contributed by atoms with van der Waals surface area (Å²) in [6, 6.07) is 0. The van der Waals surface area contributed by atoms with Crippen molar-refractivity contribution in [2.24, 2.45) is 11.8 Å². The average molecular weight is 279 g/mol. The standard InChI is InChI=1S/C15H25N3O2/c1-10-5-4-6-15(7-10,19-3)14-17-13(20-18-14)12-9-16-8-11(12)2/h10-12,16H,4-9H2,1-3H3. The Morgan fingerprint density at radius 3 is 2.85 bits per heavy atom. The van der Waals surface area contributed by atoms with Crippen LogP contribution in [0.1, 0.15) is 57.2 Å². The van der Waals surface area contributed by atoms with E-state index in [4.69, 9.17) is 14.2 Å². The smallest absolute Gasteiger partial charge is 0.231 e. The highest BCUT2D eigenvalue weighted by Gasteiger charge is 2.42. The number of nitrogens with zero attached hydrogens (tertiary/aromatic N) is 2. The number of hydrogen-bond acceptors (Lipinski definition) is 5. The fourth-order valence-electron chi connectivity index (χ4n) is 3.69.